The fraction of sp³-hybridized carbons (Fsp3) is 0.348. The molecule has 29 heavy (non-hydrogen) atoms. The average molecular weight is 397 g/mol. The molecule has 4 rings (SSSR count). The van der Waals surface area contributed by atoms with E-state index in [2.05, 4.69) is 17.4 Å². The largest absolute Gasteiger partial charge is 0.352 e. The van der Waals surface area contributed by atoms with Gasteiger partial charge in [-0.3, -0.25) is 9.69 Å². The Labute approximate surface area is 169 Å². The first-order valence-electron chi connectivity index (χ1n) is 10.0. The Bertz CT molecular complexity index is 963. The van der Waals surface area contributed by atoms with E-state index < -0.39 is 6.43 Å². The third kappa shape index (κ3) is 4.65. The molecule has 1 aromatic heterocycles. The Hall–Kier alpha value is -2.73. The van der Waals surface area contributed by atoms with Gasteiger partial charge in [0, 0.05) is 35.7 Å². The van der Waals surface area contributed by atoms with Gasteiger partial charge in [-0.2, -0.15) is 0 Å². The molecule has 1 saturated heterocycles. The van der Waals surface area contributed by atoms with Gasteiger partial charge in [0.25, 0.3) is 6.43 Å². The number of carbonyl (C=O) groups is 1. The molecule has 1 aliphatic heterocycles. The normalized spacial score (nSPS) is 15.8. The lowest BCUT2D eigenvalue weighted by Crippen LogP contribution is -2.46. The van der Waals surface area contributed by atoms with Gasteiger partial charge >= 0.3 is 0 Å². The first-order valence-corrected chi connectivity index (χ1v) is 10.0. The zero-order valence-electron chi connectivity index (χ0n) is 16.2. The molecule has 0 unspecified atom stereocenters. The second-order valence-electron chi connectivity index (χ2n) is 7.57. The topological polar surface area (TPSA) is 37.3 Å². The number of halogens is 2. The van der Waals surface area contributed by atoms with E-state index in [0.717, 1.165) is 22.2 Å². The first-order chi connectivity index (χ1) is 14.1. The number of likely N-dealkylation sites (tertiary alicyclic amines) is 1. The standard InChI is InChI=1S/C23H25F2N3O/c24-22(25)15-27-12-10-19(11-13-27)26-23(29)16-28-20-9-5-4-8-18(20)14-21(28)17-6-2-1-3-7-17/h1-9,14,19,22H,10-13,15-16H2,(H,26,29). The second kappa shape index (κ2) is 8.74. The molecule has 4 nitrogen and oxygen atoms in total. The molecule has 1 amide bonds. The van der Waals surface area contributed by atoms with Gasteiger partial charge in [-0.25, -0.2) is 8.78 Å². The summed E-state index contributed by atoms with van der Waals surface area (Å²) < 4.78 is 27.1. The predicted octanol–water partition coefficient (Wildman–Crippen LogP) is 4.15. The number of rotatable bonds is 6. The molecular formula is C23H25F2N3O. The van der Waals surface area contributed by atoms with E-state index in [1.165, 1.54) is 0 Å². The predicted molar refractivity (Wildman–Crippen MR) is 111 cm³/mol. The Balaban J connectivity index is 1.47. The molecular weight excluding hydrogens is 372 g/mol. The highest BCUT2D eigenvalue weighted by atomic mass is 19.3. The second-order valence-corrected chi connectivity index (χ2v) is 7.57. The summed E-state index contributed by atoms with van der Waals surface area (Å²) in [6.45, 7) is 1.24. The molecule has 0 radical (unpaired) electrons. The van der Waals surface area contributed by atoms with Crippen LogP contribution in [0.15, 0.2) is 60.7 Å². The van der Waals surface area contributed by atoms with Gasteiger partial charge in [0.2, 0.25) is 5.91 Å². The number of nitrogens with one attached hydrogen (secondary N) is 1. The third-order valence-corrected chi connectivity index (χ3v) is 5.53. The zero-order valence-corrected chi connectivity index (χ0v) is 16.2. The lowest BCUT2D eigenvalue weighted by atomic mass is 10.1. The third-order valence-electron chi connectivity index (χ3n) is 5.53. The van der Waals surface area contributed by atoms with Crippen molar-refractivity contribution in [1.29, 1.82) is 0 Å². The number of fused-ring (bicyclic) bond motifs is 1. The molecule has 0 bridgehead atoms. The Kier molecular flexibility index (Phi) is 5.90. The maximum atomic E-state index is 12.8. The number of piperidine rings is 1. The minimum atomic E-state index is -2.31. The fourth-order valence-corrected chi connectivity index (χ4v) is 4.10. The number of aromatic nitrogens is 1. The molecule has 0 saturated carbocycles. The van der Waals surface area contributed by atoms with Crippen molar-refractivity contribution >= 4 is 16.8 Å². The van der Waals surface area contributed by atoms with Crippen molar-refractivity contribution in [1.82, 2.24) is 14.8 Å². The maximum Gasteiger partial charge on any atom is 0.251 e. The molecule has 1 aliphatic rings. The average Bonchev–Trinajstić information content (AvgIpc) is 3.08. The highest BCUT2D eigenvalue weighted by molar-refractivity contribution is 5.89. The monoisotopic (exact) mass is 397 g/mol. The summed E-state index contributed by atoms with van der Waals surface area (Å²) in [6.07, 6.45) is -0.896. The highest BCUT2D eigenvalue weighted by Gasteiger charge is 2.23. The van der Waals surface area contributed by atoms with Crippen molar-refractivity contribution < 1.29 is 13.6 Å². The molecule has 0 aliphatic carbocycles. The summed E-state index contributed by atoms with van der Waals surface area (Å²) in [7, 11) is 0. The molecule has 3 aromatic rings. The lowest BCUT2D eigenvalue weighted by Gasteiger charge is -2.32. The van der Waals surface area contributed by atoms with Crippen LogP contribution in [0.4, 0.5) is 8.78 Å². The molecule has 1 fully saturated rings. The summed E-state index contributed by atoms with van der Waals surface area (Å²) in [4.78, 5) is 14.6. The van der Waals surface area contributed by atoms with E-state index in [1.807, 2.05) is 53.1 Å². The number of alkyl halides is 2. The number of benzene rings is 2. The van der Waals surface area contributed by atoms with Crippen LogP contribution in [-0.2, 0) is 11.3 Å². The number of para-hydroxylation sites is 1. The van der Waals surface area contributed by atoms with E-state index in [9.17, 15) is 13.6 Å². The first kappa shape index (κ1) is 19.6. The van der Waals surface area contributed by atoms with Gasteiger partial charge < -0.3 is 9.88 Å². The summed E-state index contributed by atoms with van der Waals surface area (Å²) >= 11 is 0. The Morgan fingerprint density at radius 1 is 1.03 bits per heavy atom. The van der Waals surface area contributed by atoms with Gasteiger partial charge in [-0.15, -0.1) is 0 Å². The van der Waals surface area contributed by atoms with Gasteiger partial charge in [-0.05, 0) is 30.5 Å². The van der Waals surface area contributed by atoms with Gasteiger partial charge in [-0.1, -0.05) is 48.5 Å². The minimum absolute atomic E-state index is 0.0402. The van der Waals surface area contributed by atoms with E-state index in [4.69, 9.17) is 0 Å². The summed E-state index contributed by atoms with van der Waals surface area (Å²) in [5, 5.41) is 4.20. The van der Waals surface area contributed by atoms with Crippen LogP contribution in [-0.4, -0.2) is 47.5 Å². The van der Waals surface area contributed by atoms with E-state index in [0.29, 0.717) is 25.9 Å². The van der Waals surface area contributed by atoms with Gasteiger partial charge in [0.1, 0.15) is 6.54 Å². The van der Waals surface area contributed by atoms with Crippen LogP contribution in [0.5, 0.6) is 0 Å². The smallest absolute Gasteiger partial charge is 0.251 e. The van der Waals surface area contributed by atoms with Crippen LogP contribution in [0.25, 0.3) is 22.2 Å². The van der Waals surface area contributed by atoms with Crippen LogP contribution < -0.4 is 5.32 Å². The maximum absolute atomic E-state index is 12.8. The van der Waals surface area contributed by atoms with Crippen LogP contribution in [0, 0.1) is 0 Å². The van der Waals surface area contributed by atoms with Gasteiger partial charge in [0.05, 0.1) is 6.54 Å². The van der Waals surface area contributed by atoms with Crippen LogP contribution >= 0.6 is 0 Å². The van der Waals surface area contributed by atoms with Crippen molar-refractivity contribution in [3.63, 3.8) is 0 Å². The highest BCUT2D eigenvalue weighted by Crippen LogP contribution is 2.28. The number of hydrogen-bond donors (Lipinski definition) is 1. The number of hydrogen-bond acceptors (Lipinski definition) is 2. The quantitative estimate of drug-likeness (QED) is 0.678. The van der Waals surface area contributed by atoms with Crippen LogP contribution in [0.1, 0.15) is 12.8 Å². The molecule has 0 atom stereocenters. The number of amides is 1. The van der Waals surface area contributed by atoms with Crippen molar-refractivity contribution in [2.24, 2.45) is 0 Å². The Morgan fingerprint density at radius 3 is 2.45 bits per heavy atom. The molecule has 1 N–H and O–H groups in total. The number of nitrogens with zero attached hydrogens (tertiary/aromatic N) is 2. The van der Waals surface area contributed by atoms with Gasteiger partial charge in [0.15, 0.2) is 0 Å². The fourth-order valence-electron chi connectivity index (χ4n) is 4.10. The molecule has 2 aromatic carbocycles. The Morgan fingerprint density at radius 2 is 1.72 bits per heavy atom. The zero-order chi connectivity index (χ0) is 20.2. The number of carbonyl (C=O) groups excluding carboxylic acids is 1. The van der Waals surface area contributed by atoms with Crippen molar-refractivity contribution in [2.75, 3.05) is 19.6 Å². The summed E-state index contributed by atoms with van der Waals surface area (Å²) in [6, 6.07) is 20.2. The summed E-state index contributed by atoms with van der Waals surface area (Å²) in [5.41, 5.74) is 3.10. The molecule has 0 spiro atoms. The van der Waals surface area contributed by atoms with E-state index >= 15 is 0 Å². The van der Waals surface area contributed by atoms with E-state index in [-0.39, 0.29) is 25.0 Å². The molecule has 152 valence electrons. The van der Waals surface area contributed by atoms with Crippen molar-refractivity contribution in [3.05, 3.63) is 60.7 Å². The van der Waals surface area contributed by atoms with Crippen LogP contribution in [0.3, 0.4) is 0 Å². The lowest BCUT2D eigenvalue weighted by molar-refractivity contribution is -0.122. The van der Waals surface area contributed by atoms with Crippen molar-refractivity contribution in [3.8, 4) is 11.3 Å². The van der Waals surface area contributed by atoms with E-state index in [1.54, 1.807) is 4.90 Å². The molecule has 2 heterocycles. The van der Waals surface area contributed by atoms with Crippen LogP contribution in [0.2, 0.25) is 0 Å². The molecule has 6 heteroatoms. The SMILES string of the molecule is O=C(Cn1c(-c2ccccc2)cc2ccccc21)NC1CCN(CC(F)F)CC1. The summed E-state index contributed by atoms with van der Waals surface area (Å²) in [5.74, 6) is -0.0455. The van der Waals surface area contributed by atoms with Crippen molar-refractivity contribution in [2.45, 2.75) is 31.9 Å². The minimum Gasteiger partial charge on any atom is -0.352 e.